The standard InChI is InChI=1S/C3H8O3S.C2H7N/c1-2-3-7(4,5)6;1-2-3/h2-3H2,1H3,(H,4,5,6);2-3H2,1H3. The molecule has 10 heavy (non-hydrogen) atoms. The van der Waals surface area contributed by atoms with E-state index in [9.17, 15) is 8.42 Å². The van der Waals surface area contributed by atoms with Crippen molar-refractivity contribution in [1.29, 1.82) is 0 Å². The molecule has 0 amide bonds. The van der Waals surface area contributed by atoms with E-state index in [4.69, 9.17) is 10.3 Å². The van der Waals surface area contributed by atoms with Gasteiger partial charge in [0, 0.05) is 0 Å². The first kappa shape index (κ1) is 12.5. The van der Waals surface area contributed by atoms with Crippen LogP contribution in [0.25, 0.3) is 0 Å². The number of nitrogens with two attached hydrogens (primary N) is 1. The Bertz CT molecular complexity index is 141. The second kappa shape index (κ2) is 6.98. The van der Waals surface area contributed by atoms with Crippen LogP contribution in [0.1, 0.15) is 20.3 Å². The van der Waals surface area contributed by atoms with E-state index in [1.807, 2.05) is 6.92 Å². The zero-order valence-electron chi connectivity index (χ0n) is 6.37. The summed E-state index contributed by atoms with van der Waals surface area (Å²) in [6.45, 7) is 4.34. The maximum atomic E-state index is 9.79. The Morgan fingerprint density at radius 1 is 1.40 bits per heavy atom. The van der Waals surface area contributed by atoms with E-state index < -0.39 is 10.1 Å². The fraction of sp³-hybridized carbons (Fsp3) is 1.00. The minimum atomic E-state index is -3.67. The molecule has 0 fully saturated rings. The van der Waals surface area contributed by atoms with Gasteiger partial charge in [-0.3, -0.25) is 4.55 Å². The van der Waals surface area contributed by atoms with Gasteiger partial charge < -0.3 is 5.73 Å². The summed E-state index contributed by atoms with van der Waals surface area (Å²) >= 11 is 0. The van der Waals surface area contributed by atoms with Crippen LogP contribution in [0.2, 0.25) is 0 Å². The van der Waals surface area contributed by atoms with Crippen molar-refractivity contribution in [3.63, 3.8) is 0 Å². The lowest BCUT2D eigenvalue weighted by Crippen LogP contribution is -2.01. The Morgan fingerprint density at radius 2 is 1.70 bits per heavy atom. The zero-order valence-corrected chi connectivity index (χ0v) is 7.19. The number of hydrogen-bond donors (Lipinski definition) is 2. The zero-order chi connectivity index (χ0) is 8.62. The average Bonchev–Trinajstić information content (AvgIpc) is 1.63. The van der Waals surface area contributed by atoms with Crippen LogP contribution in [0.5, 0.6) is 0 Å². The van der Waals surface area contributed by atoms with Gasteiger partial charge in [0.1, 0.15) is 0 Å². The molecule has 0 aliphatic carbocycles. The van der Waals surface area contributed by atoms with Crippen molar-refractivity contribution in [2.24, 2.45) is 5.73 Å². The highest BCUT2D eigenvalue weighted by molar-refractivity contribution is 7.85. The molecule has 0 saturated carbocycles. The summed E-state index contributed by atoms with van der Waals surface area (Å²) in [5.41, 5.74) is 4.85. The number of rotatable bonds is 2. The van der Waals surface area contributed by atoms with Crippen LogP contribution in [0, 0.1) is 0 Å². The molecular weight excluding hydrogens is 154 g/mol. The van der Waals surface area contributed by atoms with Gasteiger partial charge in [0.05, 0.1) is 5.75 Å². The first-order chi connectivity index (χ1) is 4.47. The Hall–Kier alpha value is -0.130. The van der Waals surface area contributed by atoms with Crippen LogP contribution in [0.4, 0.5) is 0 Å². The van der Waals surface area contributed by atoms with Crippen LogP contribution in [-0.2, 0) is 10.1 Å². The fourth-order valence-corrected chi connectivity index (χ4v) is 0.774. The second-order valence-electron chi connectivity index (χ2n) is 1.69. The molecule has 0 heterocycles. The average molecular weight is 169 g/mol. The van der Waals surface area contributed by atoms with Gasteiger partial charge in [-0.2, -0.15) is 8.42 Å². The van der Waals surface area contributed by atoms with Crippen molar-refractivity contribution >= 4 is 10.1 Å². The van der Waals surface area contributed by atoms with Crippen molar-refractivity contribution in [3.05, 3.63) is 0 Å². The molecule has 4 nitrogen and oxygen atoms in total. The van der Waals surface area contributed by atoms with E-state index in [2.05, 4.69) is 0 Å². The van der Waals surface area contributed by atoms with Gasteiger partial charge in [-0.25, -0.2) is 0 Å². The first-order valence-electron chi connectivity index (χ1n) is 3.13. The van der Waals surface area contributed by atoms with Crippen LogP contribution in [-0.4, -0.2) is 25.3 Å². The van der Waals surface area contributed by atoms with Crippen molar-refractivity contribution in [1.82, 2.24) is 0 Å². The topological polar surface area (TPSA) is 80.4 Å². The highest BCUT2D eigenvalue weighted by Crippen LogP contribution is 1.83. The molecule has 0 saturated heterocycles. The molecule has 0 atom stereocenters. The third-order valence-corrected chi connectivity index (χ3v) is 1.39. The Balaban J connectivity index is 0. The van der Waals surface area contributed by atoms with Crippen molar-refractivity contribution in [2.45, 2.75) is 20.3 Å². The summed E-state index contributed by atoms with van der Waals surface area (Å²) in [4.78, 5) is 0. The van der Waals surface area contributed by atoms with Gasteiger partial charge in [-0.05, 0) is 13.0 Å². The highest BCUT2D eigenvalue weighted by atomic mass is 32.2. The van der Waals surface area contributed by atoms with Crippen LogP contribution < -0.4 is 5.73 Å². The molecule has 3 N–H and O–H groups in total. The van der Waals surface area contributed by atoms with E-state index in [0.717, 1.165) is 6.54 Å². The molecule has 0 bridgehead atoms. The van der Waals surface area contributed by atoms with Gasteiger partial charge in [0.25, 0.3) is 10.1 Å². The highest BCUT2D eigenvalue weighted by Gasteiger charge is 1.98. The van der Waals surface area contributed by atoms with Crippen molar-refractivity contribution in [3.8, 4) is 0 Å². The summed E-state index contributed by atoms with van der Waals surface area (Å²) in [5.74, 6) is -0.132. The van der Waals surface area contributed by atoms with Crippen LogP contribution >= 0.6 is 0 Å². The Morgan fingerprint density at radius 3 is 1.70 bits per heavy atom. The lowest BCUT2D eigenvalue weighted by molar-refractivity contribution is 0.482. The van der Waals surface area contributed by atoms with Gasteiger partial charge in [0.15, 0.2) is 0 Å². The second-order valence-corrected chi connectivity index (χ2v) is 3.27. The fourth-order valence-electron chi connectivity index (χ4n) is 0.258. The first-order valence-corrected chi connectivity index (χ1v) is 4.74. The molecule has 0 aromatic carbocycles. The van der Waals surface area contributed by atoms with E-state index >= 15 is 0 Å². The smallest absolute Gasteiger partial charge is 0.264 e. The van der Waals surface area contributed by atoms with Crippen molar-refractivity contribution in [2.75, 3.05) is 12.3 Å². The largest absolute Gasteiger partial charge is 0.331 e. The lowest BCUT2D eigenvalue weighted by atomic mass is 10.6. The third-order valence-electron chi connectivity index (χ3n) is 0.462. The summed E-state index contributed by atoms with van der Waals surface area (Å²) in [5, 5.41) is 0. The number of hydrogen-bond acceptors (Lipinski definition) is 3. The molecule has 0 radical (unpaired) electrons. The lowest BCUT2D eigenvalue weighted by Gasteiger charge is -1.85. The van der Waals surface area contributed by atoms with Crippen LogP contribution in [0.15, 0.2) is 0 Å². The SMILES string of the molecule is CCCS(=O)(=O)O.CCN. The monoisotopic (exact) mass is 169 g/mol. The molecule has 0 spiro atoms. The normalized spacial score (nSPS) is 10.0. The van der Waals surface area contributed by atoms with Gasteiger partial charge in [0.2, 0.25) is 0 Å². The molecule has 5 heteroatoms. The molecule has 0 aromatic rings. The molecule has 64 valence electrons. The molecular formula is C5H15NO3S. The van der Waals surface area contributed by atoms with E-state index in [1.54, 1.807) is 6.92 Å². The molecule has 0 rings (SSSR count). The van der Waals surface area contributed by atoms with Gasteiger partial charge in [-0.1, -0.05) is 13.8 Å². The molecule has 0 aliphatic heterocycles. The Kier molecular flexibility index (Phi) is 8.75. The van der Waals surface area contributed by atoms with E-state index in [0.29, 0.717) is 6.42 Å². The molecule has 0 aromatic heterocycles. The summed E-state index contributed by atoms with van der Waals surface area (Å²) in [7, 11) is -3.67. The third kappa shape index (κ3) is 24.8. The maximum Gasteiger partial charge on any atom is 0.264 e. The summed E-state index contributed by atoms with van der Waals surface area (Å²) in [6, 6.07) is 0. The van der Waals surface area contributed by atoms with E-state index in [-0.39, 0.29) is 5.75 Å². The van der Waals surface area contributed by atoms with Crippen LogP contribution in [0.3, 0.4) is 0 Å². The Labute approximate surface area is 62.2 Å². The van der Waals surface area contributed by atoms with Gasteiger partial charge in [-0.15, -0.1) is 0 Å². The van der Waals surface area contributed by atoms with E-state index in [1.165, 1.54) is 0 Å². The summed E-state index contributed by atoms with van der Waals surface area (Å²) < 4.78 is 27.6. The summed E-state index contributed by atoms with van der Waals surface area (Å²) in [6.07, 6.45) is 0.471. The quantitative estimate of drug-likeness (QED) is 0.581. The molecule has 0 aliphatic rings. The minimum absolute atomic E-state index is 0.132. The minimum Gasteiger partial charge on any atom is -0.331 e. The van der Waals surface area contributed by atoms with Crippen molar-refractivity contribution < 1.29 is 13.0 Å². The predicted octanol–water partition coefficient (Wildman–Crippen LogP) is 0.249. The predicted molar refractivity (Wildman–Crippen MR) is 41.4 cm³/mol. The van der Waals surface area contributed by atoms with Gasteiger partial charge >= 0.3 is 0 Å². The molecule has 0 unspecified atom stereocenters. The maximum absolute atomic E-state index is 9.79.